The molecule has 146 valence electrons. The quantitative estimate of drug-likeness (QED) is 0.824. The number of likely N-dealkylation sites (tertiary alicyclic amines) is 1. The minimum absolute atomic E-state index is 0. The Balaban J connectivity index is 0.00000338. The molecule has 1 unspecified atom stereocenters. The van der Waals surface area contributed by atoms with Crippen molar-refractivity contribution in [1.29, 1.82) is 0 Å². The molecule has 0 aliphatic carbocycles. The van der Waals surface area contributed by atoms with Crippen LogP contribution in [-0.4, -0.2) is 43.4 Å². The van der Waals surface area contributed by atoms with E-state index in [0.29, 0.717) is 12.5 Å². The van der Waals surface area contributed by atoms with E-state index < -0.39 is 5.41 Å². The molecular weight excluding hydrogens is 350 g/mol. The number of nitrogens with one attached hydrogen (secondary N) is 2. The van der Waals surface area contributed by atoms with E-state index in [4.69, 9.17) is 0 Å². The molecule has 26 heavy (non-hydrogen) atoms. The van der Waals surface area contributed by atoms with Gasteiger partial charge < -0.3 is 15.5 Å². The smallest absolute Gasteiger partial charge is 0.253 e. The molecule has 0 spiro atoms. The van der Waals surface area contributed by atoms with Crippen LogP contribution in [0.15, 0.2) is 24.3 Å². The van der Waals surface area contributed by atoms with Gasteiger partial charge in [-0.2, -0.15) is 0 Å². The Kier molecular flexibility index (Phi) is 8.57. The van der Waals surface area contributed by atoms with E-state index in [9.17, 15) is 9.59 Å². The third-order valence-corrected chi connectivity index (χ3v) is 4.63. The number of hydrogen-bond donors (Lipinski definition) is 2. The third-order valence-electron chi connectivity index (χ3n) is 4.63. The largest absolute Gasteiger partial charge is 0.352 e. The zero-order chi connectivity index (χ0) is 18.4. The number of halogens is 1. The number of benzene rings is 1. The third kappa shape index (κ3) is 6.29. The highest BCUT2D eigenvalue weighted by Crippen LogP contribution is 2.18. The van der Waals surface area contributed by atoms with Crippen LogP contribution < -0.4 is 10.6 Å². The molecule has 2 rings (SSSR count). The Morgan fingerprint density at radius 1 is 1.19 bits per heavy atom. The van der Waals surface area contributed by atoms with E-state index >= 15 is 0 Å². The SMILES string of the molecule is CNCC1CCCN(C(=O)c2ccc(CNC(=O)C(C)(C)C)cc2)C1.Cl. The molecule has 1 heterocycles. The molecule has 2 amide bonds. The van der Waals surface area contributed by atoms with Crippen molar-refractivity contribution < 1.29 is 9.59 Å². The van der Waals surface area contributed by atoms with Crippen LogP contribution in [0.4, 0.5) is 0 Å². The van der Waals surface area contributed by atoms with Crippen LogP contribution in [0.5, 0.6) is 0 Å². The molecular formula is C20H32ClN3O2. The highest BCUT2D eigenvalue weighted by atomic mass is 35.5. The van der Waals surface area contributed by atoms with Gasteiger partial charge in [0.15, 0.2) is 0 Å². The standard InChI is InChI=1S/C20H31N3O2.ClH/c1-20(2,3)19(25)22-13-15-7-9-17(10-8-15)18(24)23-11-5-6-16(14-23)12-21-4;/h7-10,16,21H,5-6,11-14H2,1-4H3,(H,22,25);1H. The molecule has 1 atom stereocenters. The first-order valence-electron chi connectivity index (χ1n) is 9.12. The molecule has 0 saturated carbocycles. The first kappa shape index (κ1) is 22.5. The van der Waals surface area contributed by atoms with Gasteiger partial charge in [0.1, 0.15) is 0 Å². The molecule has 1 saturated heterocycles. The molecule has 1 aromatic rings. The van der Waals surface area contributed by atoms with E-state index in [2.05, 4.69) is 10.6 Å². The summed E-state index contributed by atoms with van der Waals surface area (Å²) < 4.78 is 0. The summed E-state index contributed by atoms with van der Waals surface area (Å²) in [7, 11) is 1.96. The molecule has 0 bridgehead atoms. The average Bonchev–Trinajstić information content (AvgIpc) is 2.59. The second kappa shape index (κ2) is 9.93. The number of hydrogen-bond acceptors (Lipinski definition) is 3. The molecule has 1 aliphatic rings. The molecule has 0 radical (unpaired) electrons. The van der Waals surface area contributed by atoms with Crippen molar-refractivity contribution in [3.05, 3.63) is 35.4 Å². The van der Waals surface area contributed by atoms with Gasteiger partial charge >= 0.3 is 0 Å². The van der Waals surface area contributed by atoms with Crippen LogP contribution in [0.3, 0.4) is 0 Å². The van der Waals surface area contributed by atoms with Crippen LogP contribution in [0.25, 0.3) is 0 Å². The van der Waals surface area contributed by atoms with Crippen molar-refractivity contribution in [2.75, 3.05) is 26.7 Å². The summed E-state index contributed by atoms with van der Waals surface area (Å²) in [6.45, 7) is 8.78. The van der Waals surface area contributed by atoms with Gasteiger partial charge in [-0.05, 0) is 50.0 Å². The summed E-state index contributed by atoms with van der Waals surface area (Å²) in [5.41, 5.74) is 1.32. The Hall–Kier alpha value is -1.59. The predicted molar refractivity (Wildman–Crippen MR) is 108 cm³/mol. The number of amides is 2. The Morgan fingerprint density at radius 3 is 2.42 bits per heavy atom. The zero-order valence-electron chi connectivity index (χ0n) is 16.3. The number of nitrogens with zero attached hydrogens (tertiary/aromatic N) is 1. The van der Waals surface area contributed by atoms with E-state index in [-0.39, 0.29) is 24.2 Å². The summed E-state index contributed by atoms with van der Waals surface area (Å²) in [4.78, 5) is 26.6. The maximum absolute atomic E-state index is 12.7. The summed E-state index contributed by atoms with van der Waals surface area (Å²) in [5.74, 6) is 0.664. The summed E-state index contributed by atoms with van der Waals surface area (Å²) in [6, 6.07) is 7.57. The van der Waals surface area contributed by atoms with Gasteiger partial charge in [-0.3, -0.25) is 9.59 Å². The van der Waals surface area contributed by atoms with Crippen LogP contribution in [0.2, 0.25) is 0 Å². The second-order valence-electron chi connectivity index (χ2n) is 7.95. The van der Waals surface area contributed by atoms with E-state index in [1.54, 1.807) is 0 Å². The van der Waals surface area contributed by atoms with Crippen LogP contribution in [0.1, 0.15) is 49.5 Å². The second-order valence-corrected chi connectivity index (χ2v) is 7.95. The maximum atomic E-state index is 12.7. The topological polar surface area (TPSA) is 61.4 Å². The average molecular weight is 382 g/mol. The highest BCUT2D eigenvalue weighted by molar-refractivity contribution is 5.94. The van der Waals surface area contributed by atoms with Crippen LogP contribution in [-0.2, 0) is 11.3 Å². The van der Waals surface area contributed by atoms with Gasteiger partial charge in [-0.1, -0.05) is 32.9 Å². The molecule has 1 aromatic carbocycles. The first-order chi connectivity index (χ1) is 11.8. The molecule has 1 aliphatic heterocycles. The normalized spacial score (nSPS) is 17.4. The van der Waals surface area contributed by atoms with Crippen molar-refractivity contribution in [3.8, 4) is 0 Å². The van der Waals surface area contributed by atoms with Gasteiger partial charge in [0.25, 0.3) is 5.91 Å². The van der Waals surface area contributed by atoms with Crippen molar-refractivity contribution >= 4 is 24.2 Å². The van der Waals surface area contributed by atoms with E-state index in [1.807, 2.05) is 57.0 Å². The molecule has 5 nitrogen and oxygen atoms in total. The lowest BCUT2D eigenvalue weighted by Gasteiger charge is -2.32. The number of carbonyl (C=O) groups excluding carboxylic acids is 2. The minimum Gasteiger partial charge on any atom is -0.352 e. The minimum atomic E-state index is -0.395. The van der Waals surface area contributed by atoms with Crippen molar-refractivity contribution in [1.82, 2.24) is 15.5 Å². The lowest BCUT2D eigenvalue weighted by Crippen LogP contribution is -2.42. The van der Waals surface area contributed by atoms with Crippen molar-refractivity contribution in [3.63, 3.8) is 0 Å². The first-order valence-corrected chi connectivity index (χ1v) is 9.12. The fourth-order valence-corrected chi connectivity index (χ4v) is 3.10. The van der Waals surface area contributed by atoms with Crippen LogP contribution >= 0.6 is 12.4 Å². The van der Waals surface area contributed by atoms with E-state index in [0.717, 1.165) is 37.2 Å². The summed E-state index contributed by atoms with van der Waals surface area (Å²) in [5, 5.41) is 6.13. The lowest BCUT2D eigenvalue weighted by molar-refractivity contribution is -0.128. The number of carbonyl (C=O) groups is 2. The summed E-state index contributed by atoms with van der Waals surface area (Å²) >= 11 is 0. The lowest BCUT2D eigenvalue weighted by atomic mass is 9.95. The summed E-state index contributed by atoms with van der Waals surface area (Å²) in [6.07, 6.45) is 2.24. The fraction of sp³-hybridized carbons (Fsp3) is 0.600. The van der Waals surface area contributed by atoms with Gasteiger partial charge in [0.05, 0.1) is 0 Å². The van der Waals surface area contributed by atoms with Crippen molar-refractivity contribution in [2.45, 2.75) is 40.2 Å². The predicted octanol–water partition coefficient (Wildman–Crippen LogP) is 2.84. The number of piperidine rings is 1. The van der Waals surface area contributed by atoms with Gasteiger partial charge in [0, 0.05) is 30.6 Å². The Labute approximate surface area is 163 Å². The van der Waals surface area contributed by atoms with Gasteiger partial charge in [0.2, 0.25) is 5.91 Å². The number of rotatable bonds is 5. The van der Waals surface area contributed by atoms with Crippen molar-refractivity contribution in [2.24, 2.45) is 11.3 Å². The molecule has 2 N–H and O–H groups in total. The Morgan fingerprint density at radius 2 is 1.85 bits per heavy atom. The zero-order valence-corrected chi connectivity index (χ0v) is 17.1. The molecule has 6 heteroatoms. The maximum Gasteiger partial charge on any atom is 0.253 e. The Bertz CT molecular complexity index is 594. The highest BCUT2D eigenvalue weighted by Gasteiger charge is 2.24. The van der Waals surface area contributed by atoms with E-state index in [1.165, 1.54) is 6.42 Å². The fourth-order valence-electron chi connectivity index (χ4n) is 3.10. The molecule has 0 aromatic heterocycles. The monoisotopic (exact) mass is 381 g/mol. The van der Waals surface area contributed by atoms with Gasteiger partial charge in [-0.25, -0.2) is 0 Å². The molecule has 1 fully saturated rings. The van der Waals surface area contributed by atoms with Crippen LogP contribution in [0, 0.1) is 11.3 Å². The van der Waals surface area contributed by atoms with Gasteiger partial charge in [-0.15, -0.1) is 12.4 Å².